The monoisotopic (exact) mass is 344 g/mol. The molecule has 0 amide bonds. The van der Waals surface area contributed by atoms with Crippen LogP contribution in [-0.2, 0) is 7.05 Å². The summed E-state index contributed by atoms with van der Waals surface area (Å²) in [5.41, 5.74) is 1.65. The van der Waals surface area contributed by atoms with Crippen LogP contribution in [0.1, 0.15) is 33.4 Å². The Labute approximate surface area is 141 Å². The molecule has 0 aromatic carbocycles. The molecule has 9 heteroatoms. The standard InChI is InChI=1S/C15H16N6O2S/c1-20-8-19-11-12(20)17-7-18-13(11)21-4-2-9(3-5-21)14-16-6-10(24-14)15(22)23/h6-9H,2-5H2,1H3,(H,22,23). The summed E-state index contributed by atoms with van der Waals surface area (Å²) in [6.45, 7) is 1.69. The van der Waals surface area contributed by atoms with Crippen LogP contribution in [0.15, 0.2) is 18.9 Å². The van der Waals surface area contributed by atoms with Crippen molar-refractivity contribution in [3.05, 3.63) is 28.7 Å². The Morgan fingerprint density at radius 2 is 2.04 bits per heavy atom. The van der Waals surface area contributed by atoms with Crippen LogP contribution in [0.25, 0.3) is 11.2 Å². The quantitative estimate of drug-likeness (QED) is 0.775. The van der Waals surface area contributed by atoms with Crippen LogP contribution in [0, 0.1) is 0 Å². The highest BCUT2D eigenvalue weighted by Gasteiger charge is 2.26. The minimum atomic E-state index is -0.908. The van der Waals surface area contributed by atoms with E-state index in [4.69, 9.17) is 5.11 Å². The zero-order chi connectivity index (χ0) is 16.7. The first kappa shape index (κ1) is 15.0. The van der Waals surface area contributed by atoms with Gasteiger partial charge in [0, 0.05) is 26.1 Å². The third-order valence-electron chi connectivity index (χ3n) is 4.36. The summed E-state index contributed by atoms with van der Waals surface area (Å²) in [5.74, 6) is 0.263. The maximum atomic E-state index is 11.0. The molecule has 8 nitrogen and oxygen atoms in total. The van der Waals surface area contributed by atoms with Gasteiger partial charge < -0.3 is 14.6 Å². The fourth-order valence-corrected chi connectivity index (χ4v) is 4.00. The summed E-state index contributed by atoms with van der Waals surface area (Å²) in [6, 6.07) is 0. The number of carbonyl (C=O) groups is 1. The molecule has 1 fully saturated rings. The lowest BCUT2D eigenvalue weighted by atomic mass is 9.97. The maximum Gasteiger partial charge on any atom is 0.347 e. The lowest BCUT2D eigenvalue weighted by Gasteiger charge is -2.31. The number of aromatic nitrogens is 5. The molecule has 1 aliphatic rings. The zero-order valence-corrected chi connectivity index (χ0v) is 13.9. The summed E-state index contributed by atoms with van der Waals surface area (Å²) >= 11 is 1.28. The summed E-state index contributed by atoms with van der Waals surface area (Å²) in [6.07, 6.45) is 6.62. The van der Waals surface area contributed by atoms with Crippen LogP contribution in [0.2, 0.25) is 0 Å². The van der Waals surface area contributed by atoms with E-state index in [2.05, 4.69) is 24.8 Å². The molecule has 0 bridgehead atoms. The summed E-state index contributed by atoms with van der Waals surface area (Å²) < 4.78 is 1.89. The number of fused-ring (bicyclic) bond motifs is 1. The van der Waals surface area contributed by atoms with Crippen molar-refractivity contribution in [2.24, 2.45) is 7.05 Å². The summed E-state index contributed by atoms with van der Waals surface area (Å²) in [4.78, 5) is 30.9. The molecule has 4 heterocycles. The van der Waals surface area contributed by atoms with E-state index in [-0.39, 0.29) is 0 Å². The minimum Gasteiger partial charge on any atom is -0.477 e. The van der Waals surface area contributed by atoms with Gasteiger partial charge in [0.1, 0.15) is 11.2 Å². The number of aromatic carboxylic acids is 1. The van der Waals surface area contributed by atoms with Crippen molar-refractivity contribution in [1.82, 2.24) is 24.5 Å². The Hall–Kier alpha value is -2.55. The van der Waals surface area contributed by atoms with E-state index in [1.165, 1.54) is 17.5 Å². The van der Waals surface area contributed by atoms with Crippen molar-refractivity contribution in [1.29, 1.82) is 0 Å². The molecule has 1 saturated heterocycles. The Balaban J connectivity index is 1.52. The average molecular weight is 344 g/mol. The van der Waals surface area contributed by atoms with Crippen molar-refractivity contribution in [2.75, 3.05) is 18.0 Å². The number of aryl methyl sites for hydroxylation is 1. The van der Waals surface area contributed by atoms with Crippen LogP contribution in [0.5, 0.6) is 0 Å². The van der Waals surface area contributed by atoms with Gasteiger partial charge in [-0.05, 0) is 12.8 Å². The lowest BCUT2D eigenvalue weighted by molar-refractivity contribution is 0.0702. The van der Waals surface area contributed by atoms with E-state index in [1.54, 1.807) is 12.7 Å². The molecule has 0 aliphatic carbocycles. The molecule has 24 heavy (non-hydrogen) atoms. The van der Waals surface area contributed by atoms with Gasteiger partial charge in [0.25, 0.3) is 0 Å². The van der Waals surface area contributed by atoms with Gasteiger partial charge in [-0.2, -0.15) is 0 Å². The molecule has 0 radical (unpaired) electrons. The highest BCUT2D eigenvalue weighted by Crippen LogP contribution is 2.33. The predicted octanol–water partition coefficient (Wildman–Crippen LogP) is 1.90. The van der Waals surface area contributed by atoms with E-state index in [9.17, 15) is 4.79 Å². The summed E-state index contributed by atoms with van der Waals surface area (Å²) in [5, 5.41) is 9.94. The first-order valence-corrected chi connectivity index (χ1v) is 8.51. The molecule has 0 unspecified atom stereocenters. The number of hydrogen-bond acceptors (Lipinski definition) is 7. The van der Waals surface area contributed by atoms with Crippen LogP contribution in [-0.4, -0.2) is 48.7 Å². The van der Waals surface area contributed by atoms with Crippen LogP contribution < -0.4 is 4.90 Å². The molecule has 0 spiro atoms. The second-order valence-electron chi connectivity index (χ2n) is 5.85. The Morgan fingerprint density at radius 3 is 2.75 bits per heavy atom. The molecule has 3 aromatic heterocycles. The van der Waals surface area contributed by atoms with Gasteiger partial charge in [-0.3, -0.25) is 0 Å². The van der Waals surface area contributed by atoms with E-state index in [0.717, 1.165) is 47.9 Å². The first-order chi connectivity index (χ1) is 11.6. The lowest BCUT2D eigenvalue weighted by Crippen LogP contribution is -2.33. The number of piperidine rings is 1. The van der Waals surface area contributed by atoms with Crippen molar-refractivity contribution in [3.8, 4) is 0 Å². The fourth-order valence-electron chi connectivity index (χ4n) is 3.08. The largest absolute Gasteiger partial charge is 0.477 e. The van der Waals surface area contributed by atoms with Gasteiger partial charge >= 0.3 is 5.97 Å². The Kier molecular flexibility index (Phi) is 3.64. The third-order valence-corrected chi connectivity index (χ3v) is 5.50. The smallest absolute Gasteiger partial charge is 0.347 e. The number of rotatable bonds is 3. The number of carboxylic acid groups (broad SMARTS) is 1. The molecular formula is C15H16N6O2S. The third kappa shape index (κ3) is 2.50. The first-order valence-electron chi connectivity index (χ1n) is 7.69. The molecular weight excluding hydrogens is 328 g/mol. The van der Waals surface area contributed by atoms with E-state index >= 15 is 0 Å². The van der Waals surface area contributed by atoms with Gasteiger partial charge in [-0.25, -0.2) is 24.7 Å². The van der Waals surface area contributed by atoms with Crippen molar-refractivity contribution in [2.45, 2.75) is 18.8 Å². The average Bonchev–Trinajstić information content (AvgIpc) is 3.23. The second kappa shape index (κ2) is 5.82. The fraction of sp³-hybridized carbons (Fsp3) is 0.400. The number of anilines is 1. The molecule has 3 aromatic rings. The Bertz CT molecular complexity index is 896. The molecule has 1 N–H and O–H groups in total. The van der Waals surface area contributed by atoms with Crippen molar-refractivity contribution >= 4 is 34.3 Å². The molecule has 1 aliphatic heterocycles. The summed E-state index contributed by atoms with van der Waals surface area (Å²) in [7, 11) is 1.92. The number of thiazole rings is 1. The molecule has 0 saturated carbocycles. The SMILES string of the molecule is Cn1cnc2c(N3CCC(c4ncc(C(=O)O)s4)CC3)ncnc21. The van der Waals surface area contributed by atoms with Crippen LogP contribution in [0.3, 0.4) is 0 Å². The van der Waals surface area contributed by atoms with Crippen LogP contribution >= 0.6 is 11.3 Å². The normalized spacial score (nSPS) is 16.0. The van der Waals surface area contributed by atoms with E-state index < -0.39 is 5.97 Å². The Morgan fingerprint density at radius 1 is 1.25 bits per heavy atom. The van der Waals surface area contributed by atoms with Gasteiger partial charge in [0.15, 0.2) is 17.0 Å². The van der Waals surface area contributed by atoms with Gasteiger partial charge in [0.2, 0.25) is 0 Å². The van der Waals surface area contributed by atoms with Crippen molar-refractivity contribution < 1.29 is 9.90 Å². The number of hydrogen-bond donors (Lipinski definition) is 1. The zero-order valence-electron chi connectivity index (χ0n) is 13.1. The van der Waals surface area contributed by atoms with Gasteiger partial charge in [-0.15, -0.1) is 11.3 Å². The molecule has 124 valence electrons. The van der Waals surface area contributed by atoms with Crippen LogP contribution in [0.4, 0.5) is 5.82 Å². The highest BCUT2D eigenvalue weighted by molar-refractivity contribution is 7.13. The van der Waals surface area contributed by atoms with E-state index in [0.29, 0.717) is 10.8 Å². The highest BCUT2D eigenvalue weighted by atomic mass is 32.1. The van der Waals surface area contributed by atoms with E-state index in [1.807, 2.05) is 11.6 Å². The van der Waals surface area contributed by atoms with Gasteiger partial charge in [0.05, 0.1) is 17.5 Å². The maximum absolute atomic E-state index is 11.0. The topological polar surface area (TPSA) is 97.0 Å². The van der Waals surface area contributed by atoms with Crippen molar-refractivity contribution in [3.63, 3.8) is 0 Å². The number of carboxylic acids is 1. The van der Waals surface area contributed by atoms with Gasteiger partial charge in [-0.1, -0.05) is 0 Å². The number of nitrogens with zero attached hydrogens (tertiary/aromatic N) is 6. The second-order valence-corrected chi connectivity index (χ2v) is 6.92. The predicted molar refractivity (Wildman–Crippen MR) is 89.6 cm³/mol. The molecule has 0 atom stereocenters. The molecule has 4 rings (SSSR count). The minimum absolute atomic E-state index is 0.304. The number of imidazole rings is 1.